The van der Waals surface area contributed by atoms with Crippen molar-refractivity contribution in [1.82, 2.24) is 0 Å². The Bertz CT molecular complexity index is 146. The van der Waals surface area contributed by atoms with Crippen LogP contribution in [0.3, 0.4) is 0 Å². The van der Waals surface area contributed by atoms with E-state index in [9.17, 15) is 5.11 Å². The maximum atomic E-state index is 9.40. The van der Waals surface area contributed by atoms with Crippen molar-refractivity contribution in [2.24, 2.45) is 11.8 Å². The van der Waals surface area contributed by atoms with Crippen LogP contribution in [0.15, 0.2) is 0 Å². The van der Waals surface area contributed by atoms with Crippen LogP contribution in [-0.2, 0) is 4.74 Å². The summed E-state index contributed by atoms with van der Waals surface area (Å²) in [5.74, 6) is 1.34. The minimum Gasteiger partial charge on any atom is -0.390 e. The van der Waals surface area contributed by atoms with Crippen LogP contribution in [0, 0.1) is 11.8 Å². The van der Waals surface area contributed by atoms with Gasteiger partial charge in [0, 0.05) is 5.92 Å². The summed E-state index contributed by atoms with van der Waals surface area (Å²) in [6.07, 6.45) is 3.04. The highest BCUT2D eigenvalue weighted by molar-refractivity contribution is 5.09. The number of hydrogen-bond acceptors (Lipinski definition) is 2. The fourth-order valence-corrected chi connectivity index (χ4v) is 2.67. The number of rotatable bonds is 0. The Hall–Kier alpha value is -0.0800. The second kappa shape index (κ2) is 1.18. The predicted molar refractivity (Wildman–Crippen MR) is 30.9 cm³/mol. The van der Waals surface area contributed by atoms with Gasteiger partial charge in [-0.3, -0.25) is 0 Å². The Kier molecular flexibility index (Phi) is 0.616. The molecule has 9 heavy (non-hydrogen) atoms. The molecule has 3 rings (SSSR count). The third-order valence-corrected chi connectivity index (χ3v) is 3.16. The molecule has 1 heterocycles. The fraction of sp³-hybridized carbons (Fsp3) is 1.00. The molecule has 0 spiro atoms. The van der Waals surface area contributed by atoms with Crippen LogP contribution in [0.4, 0.5) is 0 Å². The van der Waals surface area contributed by atoms with Gasteiger partial charge in [-0.25, -0.2) is 0 Å². The van der Waals surface area contributed by atoms with Crippen molar-refractivity contribution in [3.63, 3.8) is 0 Å². The zero-order valence-corrected chi connectivity index (χ0v) is 5.16. The highest BCUT2D eigenvalue weighted by Crippen LogP contribution is 2.55. The summed E-state index contributed by atoms with van der Waals surface area (Å²) in [4.78, 5) is 0. The van der Waals surface area contributed by atoms with Gasteiger partial charge in [0.05, 0.1) is 18.3 Å². The van der Waals surface area contributed by atoms with Gasteiger partial charge in [-0.1, -0.05) is 0 Å². The van der Waals surface area contributed by atoms with E-state index < -0.39 is 0 Å². The first kappa shape index (κ1) is 4.69. The van der Waals surface area contributed by atoms with E-state index in [-0.39, 0.29) is 12.2 Å². The smallest absolute Gasteiger partial charge is 0.0893 e. The molecule has 0 radical (unpaired) electrons. The van der Waals surface area contributed by atoms with Crippen molar-refractivity contribution >= 4 is 0 Å². The average Bonchev–Trinajstić information content (AvgIpc) is 2.20. The molecule has 2 heteroatoms. The molecule has 2 aliphatic carbocycles. The summed E-state index contributed by atoms with van der Waals surface area (Å²) in [6.45, 7) is 0. The molecule has 1 saturated heterocycles. The molecule has 3 fully saturated rings. The van der Waals surface area contributed by atoms with Crippen LogP contribution in [0.1, 0.15) is 12.8 Å². The van der Waals surface area contributed by atoms with Crippen molar-refractivity contribution in [2.45, 2.75) is 31.2 Å². The highest BCUT2D eigenvalue weighted by Gasteiger charge is 2.61. The van der Waals surface area contributed by atoms with E-state index in [1.807, 2.05) is 0 Å². The summed E-state index contributed by atoms with van der Waals surface area (Å²) < 4.78 is 5.39. The Morgan fingerprint density at radius 2 is 2.22 bits per heavy atom. The Morgan fingerprint density at radius 1 is 1.33 bits per heavy atom. The van der Waals surface area contributed by atoms with Crippen LogP contribution in [0.25, 0.3) is 0 Å². The Morgan fingerprint density at radius 3 is 2.56 bits per heavy atom. The SMILES string of the molecule is O[C@H]1[C@H]2C[C@H]3[C@@H]1O[C@H]3C2. The number of aliphatic hydroxyl groups is 1. The summed E-state index contributed by atoms with van der Waals surface area (Å²) in [7, 11) is 0. The van der Waals surface area contributed by atoms with Crippen LogP contribution in [0.5, 0.6) is 0 Å². The summed E-state index contributed by atoms with van der Waals surface area (Å²) in [6, 6.07) is 0. The van der Waals surface area contributed by atoms with Gasteiger partial charge >= 0.3 is 0 Å². The van der Waals surface area contributed by atoms with E-state index in [4.69, 9.17) is 4.74 Å². The molecule has 0 unspecified atom stereocenters. The average molecular weight is 126 g/mol. The molecule has 0 aromatic carbocycles. The maximum Gasteiger partial charge on any atom is 0.0893 e. The minimum atomic E-state index is -0.111. The lowest BCUT2D eigenvalue weighted by Crippen LogP contribution is -2.53. The largest absolute Gasteiger partial charge is 0.390 e. The standard InChI is InChI=1S/C7H10O2/c8-6-3-1-4-5(2-3)9-7(4)6/h3-8H,1-2H2/t3-,4+,5-,6-,7-/m0/s1. The molecule has 5 atom stereocenters. The lowest BCUT2D eigenvalue weighted by molar-refractivity contribution is -0.220. The molecule has 2 nitrogen and oxygen atoms in total. The summed E-state index contributed by atoms with van der Waals surface area (Å²) >= 11 is 0. The van der Waals surface area contributed by atoms with Crippen LogP contribution in [-0.4, -0.2) is 23.4 Å². The van der Waals surface area contributed by atoms with Crippen molar-refractivity contribution in [3.05, 3.63) is 0 Å². The van der Waals surface area contributed by atoms with Gasteiger partial charge in [-0.05, 0) is 18.8 Å². The van der Waals surface area contributed by atoms with Crippen molar-refractivity contribution in [3.8, 4) is 0 Å². The topological polar surface area (TPSA) is 29.5 Å². The number of aliphatic hydroxyl groups excluding tert-OH is 1. The third kappa shape index (κ3) is 0.356. The zero-order chi connectivity index (χ0) is 6.01. The van der Waals surface area contributed by atoms with Gasteiger partial charge in [0.1, 0.15) is 0 Å². The quantitative estimate of drug-likeness (QED) is 0.501. The molecule has 0 aromatic heterocycles. The normalized spacial score (nSPS) is 68.3. The lowest BCUT2D eigenvalue weighted by atomic mass is 9.86. The molecule has 1 N–H and O–H groups in total. The van der Waals surface area contributed by atoms with Crippen LogP contribution < -0.4 is 0 Å². The molecule has 2 bridgehead atoms. The van der Waals surface area contributed by atoms with E-state index >= 15 is 0 Å². The van der Waals surface area contributed by atoms with E-state index in [0.717, 1.165) is 12.3 Å². The van der Waals surface area contributed by atoms with Gasteiger partial charge in [0.2, 0.25) is 0 Å². The predicted octanol–water partition coefficient (Wildman–Crippen LogP) is 0.155. The maximum absolute atomic E-state index is 9.40. The van der Waals surface area contributed by atoms with Gasteiger partial charge < -0.3 is 9.84 Å². The lowest BCUT2D eigenvalue weighted by Gasteiger charge is -2.44. The van der Waals surface area contributed by atoms with Gasteiger partial charge in [-0.15, -0.1) is 0 Å². The number of ether oxygens (including phenoxy) is 1. The first-order valence-electron chi connectivity index (χ1n) is 3.70. The van der Waals surface area contributed by atoms with E-state index in [1.54, 1.807) is 0 Å². The van der Waals surface area contributed by atoms with Crippen molar-refractivity contribution < 1.29 is 9.84 Å². The molecular weight excluding hydrogens is 116 g/mol. The van der Waals surface area contributed by atoms with Crippen LogP contribution >= 0.6 is 0 Å². The number of fused-ring (bicyclic) bond motifs is 1. The second-order valence-electron chi connectivity index (χ2n) is 3.53. The Balaban J connectivity index is 2.00. The molecule has 1 aliphatic heterocycles. The van der Waals surface area contributed by atoms with E-state index in [1.165, 1.54) is 6.42 Å². The molecule has 3 aliphatic rings. The van der Waals surface area contributed by atoms with Gasteiger partial charge in [-0.2, -0.15) is 0 Å². The van der Waals surface area contributed by atoms with Gasteiger partial charge in [0.25, 0.3) is 0 Å². The van der Waals surface area contributed by atoms with Gasteiger partial charge in [0.15, 0.2) is 0 Å². The summed E-state index contributed by atoms with van der Waals surface area (Å²) in [5.41, 5.74) is 0. The van der Waals surface area contributed by atoms with E-state index in [0.29, 0.717) is 12.0 Å². The minimum absolute atomic E-state index is 0.111. The molecule has 2 saturated carbocycles. The molecule has 0 amide bonds. The number of hydrogen-bond donors (Lipinski definition) is 1. The first-order chi connectivity index (χ1) is 4.36. The monoisotopic (exact) mass is 126 g/mol. The molecule has 0 aromatic rings. The van der Waals surface area contributed by atoms with E-state index in [2.05, 4.69) is 0 Å². The third-order valence-electron chi connectivity index (χ3n) is 3.16. The van der Waals surface area contributed by atoms with Crippen molar-refractivity contribution in [1.29, 1.82) is 0 Å². The molecular formula is C7H10O2. The highest BCUT2D eigenvalue weighted by atomic mass is 16.5. The van der Waals surface area contributed by atoms with Crippen LogP contribution in [0.2, 0.25) is 0 Å². The fourth-order valence-electron chi connectivity index (χ4n) is 2.67. The zero-order valence-electron chi connectivity index (χ0n) is 5.16. The van der Waals surface area contributed by atoms with Crippen molar-refractivity contribution in [2.75, 3.05) is 0 Å². The summed E-state index contributed by atoms with van der Waals surface area (Å²) in [5, 5.41) is 9.40. The molecule has 50 valence electrons. The second-order valence-corrected chi connectivity index (χ2v) is 3.53. The Labute approximate surface area is 53.8 Å². The first-order valence-corrected chi connectivity index (χ1v) is 3.70.